The predicted molar refractivity (Wildman–Crippen MR) is 91.4 cm³/mol. The SMILES string of the molecule is CC(O)C1CCCN(C(=O)NC2CCN(C3CCCC3)CC2)C1. The van der Waals surface area contributed by atoms with Crippen LogP contribution in [-0.4, -0.2) is 65.3 Å². The summed E-state index contributed by atoms with van der Waals surface area (Å²) in [4.78, 5) is 17.0. The van der Waals surface area contributed by atoms with E-state index in [1.54, 1.807) is 0 Å². The van der Waals surface area contributed by atoms with E-state index in [4.69, 9.17) is 0 Å². The zero-order valence-corrected chi connectivity index (χ0v) is 14.5. The number of carbonyl (C=O) groups excluding carboxylic acids is 1. The van der Waals surface area contributed by atoms with Crippen molar-refractivity contribution < 1.29 is 9.90 Å². The third kappa shape index (κ3) is 4.38. The van der Waals surface area contributed by atoms with Crippen molar-refractivity contribution in [2.75, 3.05) is 26.2 Å². The number of piperidine rings is 2. The summed E-state index contributed by atoms with van der Waals surface area (Å²) in [6, 6.07) is 1.21. The van der Waals surface area contributed by atoms with E-state index in [1.807, 2.05) is 11.8 Å². The number of amides is 2. The van der Waals surface area contributed by atoms with E-state index in [-0.39, 0.29) is 18.1 Å². The molecular formula is C18H33N3O2. The quantitative estimate of drug-likeness (QED) is 0.837. The Kier molecular flexibility index (Phi) is 5.81. The lowest BCUT2D eigenvalue weighted by atomic mass is 9.93. The van der Waals surface area contributed by atoms with Crippen molar-refractivity contribution in [2.24, 2.45) is 5.92 Å². The van der Waals surface area contributed by atoms with E-state index >= 15 is 0 Å². The van der Waals surface area contributed by atoms with E-state index in [0.29, 0.717) is 12.6 Å². The summed E-state index contributed by atoms with van der Waals surface area (Å²) < 4.78 is 0. The number of urea groups is 1. The largest absolute Gasteiger partial charge is 0.393 e. The average Bonchev–Trinajstić information content (AvgIpc) is 3.10. The van der Waals surface area contributed by atoms with Gasteiger partial charge < -0.3 is 20.2 Å². The number of rotatable bonds is 3. The van der Waals surface area contributed by atoms with Crippen LogP contribution in [0.2, 0.25) is 0 Å². The van der Waals surface area contributed by atoms with Gasteiger partial charge in [0.25, 0.3) is 0 Å². The minimum absolute atomic E-state index is 0.0784. The molecule has 0 aromatic rings. The molecule has 3 aliphatic rings. The zero-order chi connectivity index (χ0) is 16.2. The molecule has 0 bridgehead atoms. The molecule has 2 heterocycles. The predicted octanol–water partition coefficient (Wildman–Crippen LogP) is 2.20. The van der Waals surface area contributed by atoms with Crippen LogP contribution < -0.4 is 5.32 Å². The van der Waals surface area contributed by atoms with Crippen LogP contribution >= 0.6 is 0 Å². The first-order valence-corrected chi connectivity index (χ1v) is 9.61. The number of carbonyl (C=O) groups is 1. The molecule has 5 heteroatoms. The van der Waals surface area contributed by atoms with Gasteiger partial charge in [-0.05, 0) is 45.4 Å². The minimum atomic E-state index is -0.319. The summed E-state index contributed by atoms with van der Waals surface area (Å²) >= 11 is 0. The van der Waals surface area contributed by atoms with Crippen LogP contribution in [-0.2, 0) is 0 Å². The van der Waals surface area contributed by atoms with Gasteiger partial charge in [-0.3, -0.25) is 0 Å². The van der Waals surface area contributed by atoms with E-state index in [0.717, 1.165) is 51.4 Å². The van der Waals surface area contributed by atoms with Gasteiger partial charge in [0.05, 0.1) is 6.10 Å². The summed E-state index contributed by atoms with van der Waals surface area (Å²) in [6.07, 6.45) is 9.38. The molecule has 2 amide bonds. The molecule has 0 radical (unpaired) electrons. The molecule has 0 aromatic heterocycles. The van der Waals surface area contributed by atoms with Gasteiger partial charge in [0.1, 0.15) is 0 Å². The van der Waals surface area contributed by atoms with Crippen molar-refractivity contribution in [1.29, 1.82) is 0 Å². The van der Waals surface area contributed by atoms with Crippen molar-refractivity contribution in [1.82, 2.24) is 15.1 Å². The number of likely N-dealkylation sites (tertiary alicyclic amines) is 2. The van der Waals surface area contributed by atoms with E-state index < -0.39 is 0 Å². The molecule has 0 spiro atoms. The Morgan fingerprint density at radius 1 is 1.04 bits per heavy atom. The molecule has 3 rings (SSSR count). The highest BCUT2D eigenvalue weighted by Gasteiger charge is 2.30. The number of hydrogen-bond donors (Lipinski definition) is 2. The van der Waals surface area contributed by atoms with Crippen LogP contribution in [0.25, 0.3) is 0 Å². The highest BCUT2D eigenvalue weighted by Crippen LogP contribution is 2.26. The molecule has 132 valence electrons. The molecule has 2 N–H and O–H groups in total. The fourth-order valence-corrected chi connectivity index (χ4v) is 4.53. The van der Waals surface area contributed by atoms with Crippen molar-refractivity contribution in [3.63, 3.8) is 0 Å². The standard InChI is InChI=1S/C18H33N3O2/c1-14(22)15-5-4-10-21(13-15)18(23)19-16-8-11-20(12-9-16)17-6-2-3-7-17/h14-17,22H,2-13H2,1H3,(H,19,23). The lowest BCUT2D eigenvalue weighted by molar-refractivity contribution is 0.0719. The van der Waals surface area contributed by atoms with Crippen LogP contribution in [0.5, 0.6) is 0 Å². The lowest BCUT2D eigenvalue weighted by Gasteiger charge is -2.38. The summed E-state index contributed by atoms with van der Waals surface area (Å²) in [5.74, 6) is 0.235. The van der Waals surface area contributed by atoms with Crippen LogP contribution in [0.3, 0.4) is 0 Å². The molecule has 3 fully saturated rings. The zero-order valence-electron chi connectivity index (χ0n) is 14.5. The first kappa shape index (κ1) is 17.0. The second-order valence-electron chi connectivity index (χ2n) is 7.79. The van der Waals surface area contributed by atoms with Gasteiger partial charge in [0.2, 0.25) is 0 Å². The van der Waals surface area contributed by atoms with Crippen LogP contribution in [0.1, 0.15) is 58.3 Å². The van der Waals surface area contributed by atoms with Crippen molar-refractivity contribution >= 4 is 6.03 Å². The molecule has 0 aromatic carbocycles. The highest BCUT2D eigenvalue weighted by atomic mass is 16.3. The van der Waals surface area contributed by atoms with E-state index in [1.165, 1.54) is 25.7 Å². The minimum Gasteiger partial charge on any atom is -0.393 e. The Balaban J connectivity index is 1.42. The Labute approximate surface area is 140 Å². The maximum atomic E-state index is 12.5. The summed E-state index contributed by atoms with van der Waals surface area (Å²) in [5.41, 5.74) is 0. The first-order valence-electron chi connectivity index (χ1n) is 9.61. The number of aliphatic hydroxyl groups excluding tert-OH is 1. The monoisotopic (exact) mass is 323 g/mol. The maximum absolute atomic E-state index is 12.5. The smallest absolute Gasteiger partial charge is 0.317 e. The average molecular weight is 323 g/mol. The van der Waals surface area contributed by atoms with Gasteiger partial charge in [-0.15, -0.1) is 0 Å². The van der Waals surface area contributed by atoms with Gasteiger partial charge >= 0.3 is 6.03 Å². The number of nitrogens with zero attached hydrogens (tertiary/aromatic N) is 2. The summed E-state index contributed by atoms with van der Waals surface area (Å²) in [7, 11) is 0. The molecule has 23 heavy (non-hydrogen) atoms. The third-order valence-electron chi connectivity index (χ3n) is 6.13. The molecule has 2 saturated heterocycles. The van der Waals surface area contributed by atoms with Gasteiger partial charge in [-0.1, -0.05) is 12.8 Å². The normalized spacial score (nSPS) is 29.7. The van der Waals surface area contributed by atoms with Gasteiger partial charge in [0.15, 0.2) is 0 Å². The van der Waals surface area contributed by atoms with E-state index in [2.05, 4.69) is 10.2 Å². The highest BCUT2D eigenvalue weighted by molar-refractivity contribution is 5.74. The fraction of sp³-hybridized carbons (Fsp3) is 0.944. The molecule has 1 saturated carbocycles. The molecule has 2 atom stereocenters. The second kappa shape index (κ2) is 7.84. The Morgan fingerprint density at radius 3 is 2.39 bits per heavy atom. The van der Waals surface area contributed by atoms with Gasteiger partial charge in [0, 0.05) is 44.2 Å². The summed E-state index contributed by atoms with van der Waals surface area (Å²) in [5, 5.41) is 13.0. The van der Waals surface area contributed by atoms with E-state index in [9.17, 15) is 9.90 Å². The van der Waals surface area contributed by atoms with Crippen molar-refractivity contribution in [3.8, 4) is 0 Å². The number of aliphatic hydroxyl groups is 1. The number of hydrogen-bond acceptors (Lipinski definition) is 3. The lowest BCUT2D eigenvalue weighted by Crippen LogP contribution is -2.53. The summed E-state index contributed by atoms with van der Waals surface area (Å²) in [6.45, 7) is 5.63. The molecule has 2 unspecified atom stereocenters. The molecule has 2 aliphatic heterocycles. The molecule has 1 aliphatic carbocycles. The van der Waals surface area contributed by atoms with Crippen molar-refractivity contribution in [2.45, 2.75) is 76.5 Å². The maximum Gasteiger partial charge on any atom is 0.317 e. The van der Waals surface area contributed by atoms with Crippen LogP contribution in [0.15, 0.2) is 0 Å². The van der Waals surface area contributed by atoms with Gasteiger partial charge in [-0.2, -0.15) is 0 Å². The Morgan fingerprint density at radius 2 is 1.74 bits per heavy atom. The van der Waals surface area contributed by atoms with Crippen molar-refractivity contribution in [3.05, 3.63) is 0 Å². The second-order valence-corrected chi connectivity index (χ2v) is 7.79. The van der Waals surface area contributed by atoms with Crippen LogP contribution in [0.4, 0.5) is 4.79 Å². The molecular weight excluding hydrogens is 290 g/mol. The third-order valence-corrected chi connectivity index (χ3v) is 6.13. The van der Waals surface area contributed by atoms with Crippen LogP contribution in [0, 0.1) is 5.92 Å². The fourth-order valence-electron chi connectivity index (χ4n) is 4.53. The Bertz CT molecular complexity index is 388. The molecule has 5 nitrogen and oxygen atoms in total. The number of nitrogens with one attached hydrogen (secondary N) is 1. The Hall–Kier alpha value is -0.810. The van der Waals surface area contributed by atoms with Gasteiger partial charge in [-0.25, -0.2) is 4.79 Å². The first-order chi connectivity index (χ1) is 11.1. The topological polar surface area (TPSA) is 55.8 Å².